The molecule has 2 unspecified atom stereocenters. The van der Waals surface area contributed by atoms with Gasteiger partial charge in [0, 0.05) is 13.7 Å². The molecule has 0 aromatic carbocycles. The zero-order valence-corrected chi connectivity index (χ0v) is 14.7. The molecule has 0 radical (unpaired) electrons. The van der Waals surface area contributed by atoms with Gasteiger partial charge in [0.25, 0.3) is 0 Å². The Balaban J connectivity index is 2.73. The van der Waals surface area contributed by atoms with Crippen molar-refractivity contribution in [1.29, 1.82) is 0 Å². The monoisotopic (exact) mass is 339 g/mol. The lowest BCUT2D eigenvalue weighted by Crippen LogP contribution is -2.42. The van der Waals surface area contributed by atoms with Gasteiger partial charge in [0.15, 0.2) is 0 Å². The summed E-state index contributed by atoms with van der Waals surface area (Å²) >= 11 is 0. The van der Waals surface area contributed by atoms with Gasteiger partial charge in [0.05, 0.1) is 18.7 Å². The fourth-order valence-electron chi connectivity index (χ4n) is 2.57. The molecule has 1 fully saturated rings. The third-order valence-electron chi connectivity index (χ3n) is 3.64. The Kier molecular flexibility index (Phi) is 7.98. The topological polar surface area (TPSA) is 97.7 Å². The van der Waals surface area contributed by atoms with Crippen molar-refractivity contribution in [3.63, 3.8) is 0 Å². The zero-order chi connectivity index (χ0) is 16.9. The van der Waals surface area contributed by atoms with Crippen molar-refractivity contribution in [3.05, 3.63) is 0 Å². The molecule has 0 spiro atoms. The van der Waals surface area contributed by atoms with E-state index in [9.17, 15) is 4.57 Å². The third kappa shape index (κ3) is 5.90. The summed E-state index contributed by atoms with van der Waals surface area (Å²) in [6.07, 6.45) is -1.68. The SMILES string of the molecule is B[C@@H]1OC(C(CC)OP(=O)(O)O)[C@@H](OC)[C@H]1OCCN(C)C. The minimum atomic E-state index is -4.58. The van der Waals surface area contributed by atoms with E-state index < -0.39 is 26.1 Å². The molecule has 1 heterocycles. The van der Waals surface area contributed by atoms with Crippen LogP contribution in [0, 0.1) is 0 Å². The van der Waals surface area contributed by atoms with Gasteiger partial charge in [-0.3, -0.25) is 4.52 Å². The van der Waals surface area contributed by atoms with Crippen LogP contribution in [0.4, 0.5) is 0 Å². The standard InChI is InChI=1S/C12H27BNO7P/c1-5-8(21-22(15,16)17)9-10(18-4)11(12(13)20-9)19-7-6-14(2)3/h8-12H,5-7,13H2,1-4H3,(H2,15,16,17)/t8?,9?,10-,11-,12-/m1/s1. The van der Waals surface area contributed by atoms with E-state index in [0.29, 0.717) is 13.0 Å². The van der Waals surface area contributed by atoms with Crippen LogP contribution in [-0.2, 0) is 23.3 Å². The minimum Gasteiger partial charge on any atom is -0.376 e. The molecule has 0 aliphatic carbocycles. The highest BCUT2D eigenvalue weighted by atomic mass is 31.2. The normalized spacial score (nSPS) is 30.9. The molecule has 1 aliphatic rings. The number of rotatable bonds is 9. The van der Waals surface area contributed by atoms with Gasteiger partial charge < -0.3 is 28.9 Å². The Morgan fingerprint density at radius 3 is 2.45 bits per heavy atom. The average molecular weight is 339 g/mol. The van der Waals surface area contributed by atoms with Crippen LogP contribution in [0.5, 0.6) is 0 Å². The number of hydrogen-bond acceptors (Lipinski definition) is 6. The van der Waals surface area contributed by atoms with Crippen LogP contribution in [0.1, 0.15) is 13.3 Å². The first-order chi connectivity index (χ1) is 10.2. The summed E-state index contributed by atoms with van der Waals surface area (Å²) in [7, 11) is 2.71. The van der Waals surface area contributed by atoms with Crippen LogP contribution in [0.15, 0.2) is 0 Å². The molecular weight excluding hydrogens is 312 g/mol. The fraction of sp³-hybridized carbons (Fsp3) is 1.00. The summed E-state index contributed by atoms with van der Waals surface area (Å²) < 4.78 is 33.1. The van der Waals surface area contributed by atoms with Crippen molar-refractivity contribution < 1.29 is 33.1 Å². The molecule has 1 aliphatic heterocycles. The summed E-state index contributed by atoms with van der Waals surface area (Å²) in [5.41, 5.74) is 0. The first-order valence-corrected chi connectivity index (χ1v) is 8.91. The van der Waals surface area contributed by atoms with Gasteiger partial charge >= 0.3 is 7.82 Å². The van der Waals surface area contributed by atoms with Crippen molar-refractivity contribution in [2.45, 2.75) is 43.8 Å². The van der Waals surface area contributed by atoms with E-state index in [0.717, 1.165) is 6.54 Å². The van der Waals surface area contributed by atoms with Crippen LogP contribution in [0.2, 0.25) is 0 Å². The van der Waals surface area contributed by atoms with Crippen molar-refractivity contribution in [1.82, 2.24) is 4.90 Å². The van der Waals surface area contributed by atoms with Gasteiger partial charge in [0.1, 0.15) is 26.2 Å². The quantitative estimate of drug-likeness (QED) is 0.416. The molecular formula is C12H27BNO7P. The number of phosphoric acid groups is 1. The van der Waals surface area contributed by atoms with Gasteiger partial charge in [-0.1, -0.05) is 6.92 Å². The van der Waals surface area contributed by atoms with E-state index in [2.05, 4.69) is 0 Å². The van der Waals surface area contributed by atoms with Gasteiger partial charge in [-0.2, -0.15) is 0 Å². The maximum Gasteiger partial charge on any atom is 0.469 e. The highest BCUT2D eigenvalue weighted by Crippen LogP contribution is 2.41. The highest BCUT2D eigenvalue weighted by Gasteiger charge is 2.48. The molecule has 1 rings (SSSR count). The second-order valence-corrected chi connectivity index (χ2v) is 6.88. The molecule has 0 bridgehead atoms. The largest absolute Gasteiger partial charge is 0.469 e. The van der Waals surface area contributed by atoms with Crippen molar-refractivity contribution in [2.24, 2.45) is 0 Å². The maximum absolute atomic E-state index is 11.1. The number of hydrogen-bond donors (Lipinski definition) is 2. The lowest BCUT2D eigenvalue weighted by atomic mass is 9.92. The predicted molar refractivity (Wildman–Crippen MR) is 83.5 cm³/mol. The molecule has 22 heavy (non-hydrogen) atoms. The van der Waals surface area contributed by atoms with E-state index in [1.807, 2.05) is 26.8 Å². The zero-order valence-electron chi connectivity index (χ0n) is 13.8. The van der Waals surface area contributed by atoms with E-state index in [-0.39, 0.29) is 12.1 Å². The average Bonchev–Trinajstić information content (AvgIpc) is 2.71. The minimum absolute atomic E-state index is 0.244. The number of phosphoric ester groups is 1. The molecule has 10 heteroatoms. The Hall–Kier alpha value is 0.0149. The smallest absolute Gasteiger partial charge is 0.376 e. The third-order valence-corrected chi connectivity index (χ3v) is 4.19. The summed E-state index contributed by atoms with van der Waals surface area (Å²) in [6.45, 7) is 3.07. The Morgan fingerprint density at radius 1 is 1.36 bits per heavy atom. The highest BCUT2D eigenvalue weighted by molar-refractivity contribution is 7.46. The number of nitrogens with zero attached hydrogens (tertiary/aromatic N) is 1. The Labute approximate surface area is 132 Å². The lowest BCUT2D eigenvalue weighted by Gasteiger charge is -2.28. The first kappa shape index (κ1) is 20.1. The second-order valence-electron chi connectivity index (χ2n) is 5.69. The van der Waals surface area contributed by atoms with E-state index in [1.165, 1.54) is 7.11 Å². The molecule has 1 saturated heterocycles. The Morgan fingerprint density at radius 2 is 2.00 bits per heavy atom. The molecule has 0 aromatic heterocycles. The molecule has 0 amide bonds. The van der Waals surface area contributed by atoms with Gasteiger partial charge in [-0.05, 0) is 20.5 Å². The summed E-state index contributed by atoms with van der Waals surface area (Å²) in [6, 6.07) is -0.244. The Bertz CT molecular complexity index is 380. The molecule has 8 nitrogen and oxygen atoms in total. The van der Waals surface area contributed by atoms with Crippen LogP contribution >= 0.6 is 7.82 Å². The van der Waals surface area contributed by atoms with Crippen molar-refractivity contribution >= 4 is 15.7 Å². The molecule has 130 valence electrons. The van der Waals surface area contributed by atoms with Crippen LogP contribution in [0.3, 0.4) is 0 Å². The first-order valence-electron chi connectivity index (χ1n) is 7.38. The number of ether oxygens (including phenoxy) is 3. The van der Waals surface area contributed by atoms with Gasteiger partial charge in [-0.25, -0.2) is 4.57 Å². The van der Waals surface area contributed by atoms with Crippen LogP contribution in [-0.4, -0.2) is 87.3 Å². The lowest BCUT2D eigenvalue weighted by molar-refractivity contribution is -0.0749. The molecule has 0 aromatic rings. The van der Waals surface area contributed by atoms with E-state index >= 15 is 0 Å². The number of methoxy groups -OCH3 is 1. The molecule has 5 atom stereocenters. The second kappa shape index (κ2) is 8.75. The summed E-state index contributed by atoms with van der Waals surface area (Å²) in [5, 5.41) is 0. The van der Waals surface area contributed by atoms with Gasteiger partial charge in [0.2, 0.25) is 0 Å². The molecule has 0 saturated carbocycles. The summed E-state index contributed by atoms with van der Waals surface area (Å²) in [5.74, 6) is 0. The van der Waals surface area contributed by atoms with Crippen molar-refractivity contribution in [2.75, 3.05) is 34.4 Å². The molecule has 2 N–H and O–H groups in total. The van der Waals surface area contributed by atoms with Gasteiger partial charge in [-0.15, -0.1) is 0 Å². The van der Waals surface area contributed by atoms with Crippen LogP contribution < -0.4 is 0 Å². The van der Waals surface area contributed by atoms with E-state index in [1.54, 1.807) is 6.92 Å². The predicted octanol–water partition coefficient (Wildman–Crippen LogP) is -0.806. The summed E-state index contributed by atoms with van der Waals surface area (Å²) in [4.78, 5) is 20.1. The number of likely N-dealkylation sites (N-methyl/N-ethyl adjacent to an activating group) is 1. The van der Waals surface area contributed by atoms with Crippen molar-refractivity contribution in [3.8, 4) is 0 Å². The van der Waals surface area contributed by atoms with E-state index in [4.69, 9.17) is 28.5 Å². The fourth-order valence-corrected chi connectivity index (χ4v) is 3.19. The maximum atomic E-state index is 11.1. The van der Waals surface area contributed by atoms with Crippen LogP contribution in [0.25, 0.3) is 0 Å².